The molecule has 1 aliphatic rings. The Morgan fingerprint density at radius 2 is 1.94 bits per heavy atom. The SMILES string of the molecule is Cc1cccc(C(=O)n2nc(N)nc2NCCCN2CCN(c3c(F)cccc3Cl)CC2)c1. The molecule has 8 nitrogen and oxygen atoms in total. The summed E-state index contributed by atoms with van der Waals surface area (Å²) in [5.74, 6) is -0.198. The number of hydrogen-bond donors (Lipinski definition) is 2. The molecule has 0 aliphatic carbocycles. The maximum atomic E-state index is 14.2. The van der Waals surface area contributed by atoms with E-state index in [4.69, 9.17) is 17.3 Å². The fourth-order valence-electron chi connectivity index (χ4n) is 3.97. The van der Waals surface area contributed by atoms with Crippen molar-refractivity contribution in [2.45, 2.75) is 13.3 Å². The molecule has 0 saturated carbocycles. The highest BCUT2D eigenvalue weighted by Gasteiger charge is 2.21. The average molecular weight is 472 g/mol. The van der Waals surface area contributed by atoms with Gasteiger partial charge in [0.15, 0.2) is 0 Å². The number of aromatic nitrogens is 3. The highest BCUT2D eigenvalue weighted by molar-refractivity contribution is 6.33. The van der Waals surface area contributed by atoms with E-state index in [1.807, 2.05) is 24.0 Å². The number of anilines is 3. The van der Waals surface area contributed by atoms with Crippen molar-refractivity contribution < 1.29 is 9.18 Å². The summed E-state index contributed by atoms with van der Waals surface area (Å²) in [5.41, 5.74) is 7.74. The number of nitrogens with one attached hydrogen (secondary N) is 1. The summed E-state index contributed by atoms with van der Waals surface area (Å²) in [6.45, 7) is 6.46. The van der Waals surface area contributed by atoms with E-state index in [2.05, 4.69) is 20.3 Å². The molecule has 0 atom stereocenters. The minimum atomic E-state index is -0.288. The molecule has 33 heavy (non-hydrogen) atoms. The van der Waals surface area contributed by atoms with Crippen LogP contribution in [0.15, 0.2) is 42.5 Å². The van der Waals surface area contributed by atoms with Gasteiger partial charge in [-0.05, 0) is 44.2 Å². The Hall–Kier alpha value is -3.17. The highest BCUT2D eigenvalue weighted by atomic mass is 35.5. The number of carbonyl (C=O) groups excluding carboxylic acids is 1. The van der Waals surface area contributed by atoms with Gasteiger partial charge < -0.3 is 16.0 Å². The van der Waals surface area contributed by atoms with E-state index in [9.17, 15) is 9.18 Å². The topological polar surface area (TPSA) is 92.3 Å². The van der Waals surface area contributed by atoms with Crippen molar-refractivity contribution >= 4 is 35.1 Å². The molecular weight excluding hydrogens is 445 g/mol. The van der Waals surface area contributed by atoms with E-state index in [0.717, 1.165) is 31.6 Å². The van der Waals surface area contributed by atoms with Crippen LogP contribution in [0.25, 0.3) is 0 Å². The Morgan fingerprint density at radius 3 is 2.67 bits per heavy atom. The molecule has 10 heteroatoms. The van der Waals surface area contributed by atoms with Gasteiger partial charge in [0.05, 0.1) is 10.7 Å². The summed E-state index contributed by atoms with van der Waals surface area (Å²) in [6.07, 6.45) is 0.839. The first-order valence-electron chi connectivity index (χ1n) is 10.9. The van der Waals surface area contributed by atoms with Crippen LogP contribution in [0.2, 0.25) is 5.02 Å². The highest BCUT2D eigenvalue weighted by Crippen LogP contribution is 2.29. The zero-order valence-corrected chi connectivity index (χ0v) is 19.2. The Balaban J connectivity index is 1.27. The minimum Gasteiger partial charge on any atom is -0.366 e. The summed E-state index contributed by atoms with van der Waals surface area (Å²) >= 11 is 6.19. The van der Waals surface area contributed by atoms with E-state index >= 15 is 0 Å². The van der Waals surface area contributed by atoms with Crippen molar-refractivity contribution in [1.29, 1.82) is 0 Å². The van der Waals surface area contributed by atoms with Crippen LogP contribution in [0.5, 0.6) is 0 Å². The van der Waals surface area contributed by atoms with Crippen LogP contribution in [0, 0.1) is 12.7 Å². The minimum absolute atomic E-state index is 0.0430. The monoisotopic (exact) mass is 471 g/mol. The van der Waals surface area contributed by atoms with E-state index in [1.165, 1.54) is 10.7 Å². The first-order valence-corrected chi connectivity index (χ1v) is 11.3. The van der Waals surface area contributed by atoms with Crippen LogP contribution in [0.3, 0.4) is 0 Å². The van der Waals surface area contributed by atoms with Crippen molar-refractivity contribution in [3.05, 3.63) is 64.4 Å². The van der Waals surface area contributed by atoms with Gasteiger partial charge in [-0.3, -0.25) is 9.69 Å². The first-order chi connectivity index (χ1) is 15.9. The molecule has 174 valence electrons. The van der Waals surface area contributed by atoms with Crippen molar-refractivity contribution in [3.8, 4) is 0 Å². The lowest BCUT2D eigenvalue weighted by Crippen LogP contribution is -2.47. The maximum absolute atomic E-state index is 14.2. The van der Waals surface area contributed by atoms with Gasteiger partial charge in [-0.2, -0.15) is 9.67 Å². The molecule has 2 aromatic carbocycles. The van der Waals surface area contributed by atoms with Crippen LogP contribution in [0.4, 0.5) is 22.0 Å². The second kappa shape index (κ2) is 10.2. The molecule has 0 bridgehead atoms. The van der Waals surface area contributed by atoms with Gasteiger partial charge >= 0.3 is 0 Å². The number of carbonyl (C=O) groups is 1. The van der Waals surface area contributed by atoms with Crippen molar-refractivity contribution in [1.82, 2.24) is 19.7 Å². The van der Waals surface area contributed by atoms with Crippen LogP contribution < -0.4 is 16.0 Å². The standard InChI is InChI=1S/C23H27ClFN7O/c1-16-5-2-6-17(15-16)21(33)32-23(28-22(26)29-32)27-9-4-10-30-11-13-31(14-12-30)20-18(24)7-3-8-19(20)25/h2-3,5-8,15H,4,9-14H2,1H3,(H3,26,27,28,29). The summed E-state index contributed by atoms with van der Waals surface area (Å²) < 4.78 is 15.4. The summed E-state index contributed by atoms with van der Waals surface area (Å²) in [6, 6.07) is 12.1. The predicted octanol–water partition coefficient (Wildman–Crippen LogP) is 3.27. The second-order valence-electron chi connectivity index (χ2n) is 8.06. The number of hydrogen-bond acceptors (Lipinski definition) is 7. The van der Waals surface area contributed by atoms with Crippen molar-refractivity contribution in [2.24, 2.45) is 0 Å². The fourth-order valence-corrected chi connectivity index (χ4v) is 4.26. The molecule has 0 unspecified atom stereocenters. The lowest BCUT2D eigenvalue weighted by molar-refractivity contribution is 0.0947. The maximum Gasteiger partial charge on any atom is 0.281 e. The molecule has 3 N–H and O–H groups in total. The molecule has 0 amide bonds. The number of nitrogens with two attached hydrogens (primary N) is 1. The van der Waals surface area contributed by atoms with Gasteiger partial charge in [0.1, 0.15) is 5.82 Å². The van der Waals surface area contributed by atoms with E-state index in [1.54, 1.807) is 24.3 Å². The predicted molar refractivity (Wildman–Crippen MR) is 129 cm³/mol. The van der Waals surface area contributed by atoms with Crippen molar-refractivity contribution in [2.75, 3.05) is 55.2 Å². The van der Waals surface area contributed by atoms with E-state index < -0.39 is 0 Å². The normalized spacial score (nSPS) is 14.5. The van der Waals surface area contributed by atoms with Gasteiger partial charge in [0.25, 0.3) is 5.91 Å². The number of piperazine rings is 1. The molecular formula is C23H27ClFN7O. The quantitative estimate of drug-likeness (QED) is 0.511. The number of nitrogen functional groups attached to an aromatic ring is 1. The molecule has 3 aromatic rings. The third-order valence-corrected chi connectivity index (χ3v) is 5.95. The Kier molecular flexibility index (Phi) is 7.10. The number of aryl methyl sites for hydroxylation is 1. The lowest BCUT2D eigenvalue weighted by atomic mass is 10.1. The molecule has 1 aromatic heterocycles. The Labute approximate surface area is 197 Å². The Bertz CT molecular complexity index is 1110. The number of halogens is 2. The molecule has 1 fully saturated rings. The number of rotatable bonds is 7. The lowest BCUT2D eigenvalue weighted by Gasteiger charge is -2.36. The van der Waals surface area contributed by atoms with Crippen LogP contribution in [-0.2, 0) is 0 Å². The van der Waals surface area contributed by atoms with Crippen LogP contribution in [0.1, 0.15) is 22.3 Å². The van der Waals surface area contributed by atoms with Crippen molar-refractivity contribution in [3.63, 3.8) is 0 Å². The summed E-state index contributed by atoms with van der Waals surface area (Å²) in [4.78, 5) is 21.3. The zero-order chi connectivity index (χ0) is 23.4. The fraction of sp³-hybridized carbons (Fsp3) is 0.348. The third kappa shape index (κ3) is 5.43. The smallest absolute Gasteiger partial charge is 0.281 e. The summed E-state index contributed by atoms with van der Waals surface area (Å²) in [5, 5.41) is 7.66. The largest absolute Gasteiger partial charge is 0.366 e. The van der Waals surface area contributed by atoms with Gasteiger partial charge in [0.2, 0.25) is 11.9 Å². The van der Waals surface area contributed by atoms with Crippen LogP contribution >= 0.6 is 11.6 Å². The van der Waals surface area contributed by atoms with Gasteiger partial charge in [0, 0.05) is 38.3 Å². The molecule has 1 saturated heterocycles. The molecule has 1 aliphatic heterocycles. The molecule has 2 heterocycles. The summed E-state index contributed by atoms with van der Waals surface area (Å²) in [7, 11) is 0. The number of para-hydroxylation sites is 1. The Morgan fingerprint density at radius 1 is 1.18 bits per heavy atom. The molecule has 0 radical (unpaired) electrons. The van der Waals surface area contributed by atoms with Gasteiger partial charge in [-0.1, -0.05) is 35.4 Å². The van der Waals surface area contributed by atoms with Gasteiger partial charge in [-0.25, -0.2) is 4.39 Å². The number of nitrogens with zero attached hydrogens (tertiary/aromatic N) is 5. The second-order valence-corrected chi connectivity index (χ2v) is 8.47. The third-order valence-electron chi connectivity index (χ3n) is 5.64. The van der Waals surface area contributed by atoms with Gasteiger partial charge in [-0.15, -0.1) is 5.10 Å². The number of benzene rings is 2. The molecule has 4 rings (SSSR count). The van der Waals surface area contributed by atoms with Crippen LogP contribution in [-0.4, -0.2) is 64.8 Å². The zero-order valence-electron chi connectivity index (χ0n) is 18.5. The first kappa shape index (κ1) is 23.0. The average Bonchev–Trinajstić information content (AvgIpc) is 3.17. The van der Waals surface area contributed by atoms with E-state index in [-0.39, 0.29) is 17.7 Å². The van der Waals surface area contributed by atoms with E-state index in [0.29, 0.717) is 41.9 Å². The molecule has 0 spiro atoms.